The molecule has 3 aromatic rings. The highest BCUT2D eigenvalue weighted by molar-refractivity contribution is 7.15. The number of carbonyl (C=O) groups is 2. The van der Waals surface area contributed by atoms with E-state index in [2.05, 4.69) is 15.6 Å². The number of anilines is 1. The number of nitro groups is 1. The van der Waals surface area contributed by atoms with Crippen LogP contribution in [0, 0.1) is 17.0 Å². The van der Waals surface area contributed by atoms with Gasteiger partial charge in [0.2, 0.25) is 5.91 Å². The van der Waals surface area contributed by atoms with E-state index < -0.39 is 16.7 Å². The van der Waals surface area contributed by atoms with Crippen molar-refractivity contribution < 1.29 is 14.5 Å². The van der Waals surface area contributed by atoms with E-state index in [1.54, 1.807) is 13.1 Å². The summed E-state index contributed by atoms with van der Waals surface area (Å²) in [5.74, 6) is -1.02. The molecule has 2 N–H and O–H groups in total. The highest BCUT2D eigenvalue weighted by Crippen LogP contribution is 2.22. The van der Waals surface area contributed by atoms with Gasteiger partial charge in [0, 0.05) is 39.7 Å². The van der Waals surface area contributed by atoms with Crippen LogP contribution in [0.1, 0.15) is 26.4 Å². The Balaban J connectivity index is 1.53. The molecule has 2 amide bonds. The van der Waals surface area contributed by atoms with Crippen molar-refractivity contribution in [2.24, 2.45) is 0 Å². The number of amides is 2. The van der Waals surface area contributed by atoms with Gasteiger partial charge in [-0.1, -0.05) is 29.8 Å². The Morgan fingerprint density at radius 1 is 1.20 bits per heavy atom. The average Bonchev–Trinajstić information content (AvgIpc) is 3.14. The lowest BCUT2D eigenvalue weighted by atomic mass is 10.1. The molecule has 154 valence electrons. The van der Waals surface area contributed by atoms with Gasteiger partial charge in [0.25, 0.3) is 11.6 Å². The maximum Gasteiger partial charge on any atom is 0.273 e. The van der Waals surface area contributed by atoms with Gasteiger partial charge in [-0.15, -0.1) is 11.3 Å². The lowest BCUT2D eigenvalue weighted by molar-refractivity contribution is -0.385. The summed E-state index contributed by atoms with van der Waals surface area (Å²) >= 11 is 7.21. The van der Waals surface area contributed by atoms with E-state index in [-0.39, 0.29) is 17.8 Å². The highest BCUT2D eigenvalue weighted by atomic mass is 35.5. The molecule has 8 nitrogen and oxygen atoms in total. The van der Waals surface area contributed by atoms with Crippen molar-refractivity contribution in [2.45, 2.75) is 13.3 Å². The fraction of sp³-hybridized carbons (Fsp3) is 0.150. The van der Waals surface area contributed by atoms with E-state index in [4.69, 9.17) is 11.6 Å². The molecule has 0 aliphatic carbocycles. The van der Waals surface area contributed by atoms with Crippen LogP contribution in [0.2, 0.25) is 5.02 Å². The van der Waals surface area contributed by atoms with E-state index >= 15 is 0 Å². The molecule has 0 radical (unpaired) electrons. The Kier molecular flexibility index (Phi) is 6.76. The van der Waals surface area contributed by atoms with Crippen molar-refractivity contribution in [1.82, 2.24) is 10.3 Å². The van der Waals surface area contributed by atoms with Gasteiger partial charge in [-0.05, 0) is 30.7 Å². The van der Waals surface area contributed by atoms with Gasteiger partial charge >= 0.3 is 0 Å². The van der Waals surface area contributed by atoms with E-state index in [1.807, 2.05) is 24.3 Å². The molecule has 0 saturated carbocycles. The zero-order valence-corrected chi connectivity index (χ0v) is 17.4. The van der Waals surface area contributed by atoms with Gasteiger partial charge < -0.3 is 10.6 Å². The van der Waals surface area contributed by atoms with Crippen LogP contribution in [0.5, 0.6) is 0 Å². The number of nitrogens with zero attached hydrogens (tertiary/aromatic N) is 2. The smallest absolute Gasteiger partial charge is 0.273 e. The molecular weight excluding hydrogens is 428 g/mol. The lowest BCUT2D eigenvalue weighted by Gasteiger charge is -2.06. The average molecular weight is 445 g/mol. The largest absolute Gasteiger partial charge is 0.343 e. The van der Waals surface area contributed by atoms with E-state index in [0.29, 0.717) is 22.1 Å². The molecule has 0 fully saturated rings. The summed E-state index contributed by atoms with van der Waals surface area (Å²) < 4.78 is 0. The van der Waals surface area contributed by atoms with Crippen LogP contribution in [0.15, 0.2) is 48.7 Å². The second-order valence-corrected chi connectivity index (χ2v) is 7.98. The summed E-state index contributed by atoms with van der Waals surface area (Å²) in [6.45, 7) is 1.30. The molecule has 0 spiro atoms. The Bertz CT molecular complexity index is 1100. The van der Waals surface area contributed by atoms with E-state index in [0.717, 1.165) is 10.4 Å². The number of nitro benzene ring substituents is 1. The molecule has 0 atom stereocenters. The number of benzene rings is 2. The summed E-state index contributed by atoms with van der Waals surface area (Å²) in [6.07, 6.45) is 2.34. The maximum atomic E-state index is 12.2. The summed E-state index contributed by atoms with van der Waals surface area (Å²) in [6, 6.07) is 11.6. The fourth-order valence-electron chi connectivity index (χ4n) is 2.62. The first kappa shape index (κ1) is 21.4. The quantitative estimate of drug-likeness (QED) is 0.422. The molecule has 0 aliphatic rings. The predicted octanol–water partition coefficient (Wildman–Crippen LogP) is 3.97. The second-order valence-electron chi connectivity index (χ2n) is 6.42. The van der Waals surface area contributed by atoms with Crippen molar-refractivity contribution in [3.63, 3.8) is 0 Å². The number of thiazole rings is 1. The third-order valence-corrected chi connectivity index (χ3v) is 5.33. The second kappa shape index (κ2) is 9.47. The minimum absolute atomic E-state index is 0.111. The number of hydrogen-bond acceptors (Lipinski definition) is 6. The Hall–Kier alpha value is -3.30. The minimum Gasteiger partial charge on any atom is -0.343 e. The zero-order chi connectivity index (χ0) is 21.7. The first-order valence-corrected chi connectivity index (χ1v) is 10.0. The Morgan fingerprint density at radius 2 is 1.93 bits per heavy atom. The summed E-state index contributed by atoms with van der Waals surface area (Å²) in [7, 11) is 0. The predicted molar refractivity (Wildman–Crippen MR) is 115 cm³/mol. The van der Waals surface area contributed by atoms with Gasteiger partial charge in [0.15, 0.2) is 5.13 Å². The first-order valence-electron chi connectivity index (χ1n) is 8.84. The molecule has 0 unspecified atom stereocenters. The molecule has 1 heterocycles. The normalized spacial score (nSPS) is 10.5. The van der Waals surface area contributed by atoms with Gasteiger partial charge in [0.05, 0.1) is 11.5 Å². The molecule has 1 aromatic heterocycles. The Labute approximate surface area is 181 Å². The van der Waals surface area contributed by atoms with Crippen molar-refractivity contribution >= 4 is 45.6 Å². The number of carbonyl (C=O) groups excluding carboxylic acids is 2. The van der Waals surface area contributed by atoms with Gasteiger partial charge in [0.1, 0.15) is 0 Å². The van der Waals surface area contributed by atoms with Crippen LogP contribution in [0.3, 0.4) is 0 Å². The van der Waals surface area contributed by atoms with Crippen LogP contribution >= 0.6 is 22.9 Å². The molecular formula is C20H17ClN4O4S. The number of aryl methyl sites for hydroxylation is 1. The van der Waals surface area contributed by atoms with Crippen LogP contribution in [-0.4, -0.2) is 28.3 Å². The van der Waals surface area contributed by atoms with Crippen molar-refractivity contribution in [3.8, 4) is 0 Å². The number of halogens is 1. The Morgan fingerprint density at radius 3 is 2.63 bits per heavy atom. The van der Waals surface area contributed by atoms with Gasteiger partial charge in [-0.2, -0.15) is 0 Å². The molecule has 0 saturated heterocycles. The maximum absolute atomic E-state index is 12.2. The lowest BCUT2D eigenvalue weighted by Crippen LogP contribution is -2.32. The molecule has 2 aromatic carbocycles. The van der Waals surface area contributed by atoms with Gasteiger partial charge in [-0.3, -0.25) is 19.7 Å². The van der Waals surface area contributed by atoms with Crippen LogP contribution in [0.25, 0.3) is 0 Å². The molecule has 0 bridgehead atoms. The van der Waals surface area contributed by atoms with E-state index in [1.165, 1.54) is 29.5 Å². The zero-order valence-electron chi connectivity index (χ0n) is 15.8. The molecule has 3 rings (SSSR count). The third kappa shape index (κ3) is 5.62. The first-order chi connectivity index (χ1) is 14.3. The number of aromatic nitrogens is 1. The standard InChI is InChI=1S/C20H17ClN4O4S/c1-12-2-5-14(9-17(12)25(28)29)19(27)22-11-18(26)24-20-23-10-16(30-20)8-13-3-6-15(21)7-4-13/h2-7,9-10H,8,11H2,1H3,(H,22,27)(H,23,24,26). The van der Waals surface area contributed by atoms with Crippen molar-refractivity contribution in [3.05, 3.63) is 85.4 Å². The van der Waals surface area contributed by atoms with Crippen LogP contribution < -0.4 is 10.6 Å². The number of rotatable bonds is 7. The topological polar surface area (TPSA) is 114 Å². The molecule has 30 heavy (non-hydrogen) atoms. The van der Waals surface area contributed by atoms with Gasteiger partial charge in [-0.25, -0.2) is 4.98 Å². The summed E-state index contributed by atoms with van der Waals surface area (Å²) in [4.78, 5) is 39.9. The van der Waals surface area contributed by atoms with Crippen LogP contribution in [-0.2, 0) is 11.2 Å². The SMILES string of the molecule is Cc1ccc(C(=O)NCC(=O)Nc2ncc(Cc3ccc(Cl)cc3)s2)cc1[N+](=O)[O-]. The fourth-order valence-corrected chi connectivity index (χ4v) is 3.61. The third-order valence-electron chi connectivity index (χ3n) is 4.17. The monoisotopic (exact) mass is 444 g/mol. The minimum atomic E-state index is -0.573. The highest BCUT2D eigenvalue weighted by Gasteiger charge is 2.16. The van der Waals surface area contributed by atoms with Crippen LogP contribution in [0.4, 0.5) is 10.8 Å². The van der Waals surface area contributed by atoms with E-state index in [9.17, 15) is 19.7 Å². The molecule has 0 aliphatic heterocycles. The number of hydrogen-bond donors (Lipinski definition) is 2. The summed E-state index contributed by atoms with van der Waals surface area (Å²) in [5.41, 5.74) is 1.48. The number of nitrogens with one attached hydrogen (secondary N) is 2. The van der Waals surface area contributed by atoms with Crippen molar-refractivity contribution in [2.75, 3.05) is 11.9 Å². The summed E-state index contributed by atoms with van der Waals surface area (Å²) in [5, 5.41) is 17.2. The van der Waals surface area contributed by atoms with Crippen molar-refractivity contribution in [1.29, 1.82) is 0 Å². The molecule has 10 heteroatoms.